The number of nitrogens with zero attached hydrogens (tertiary/aromatic N) is 2. The Labute approximate surface area is 168 Å². The number of rotatable bonds is 6. The molecule has 2 aromatic carbocycles. The van der Waals surface area contributed by atoms with Gasteiger partial charge in [0.25, 0.3) is 0 Å². The van der Waals surface area contributed by atoms with E-state index < -0.39 is 0 Å². The highest BCUT2D eigenvalue weighted by Gasteiger charge is 2.20. The zero-order valence-electron chi connectivity index (χ0n) is 17.2. The number of ether oxygens (including phenoxy) is 1. The van der Waals surface area contributed by atoms with Crippen LogP contribution in [0.4, 0.5) is 5.69 Å². The molecule has 3 rings (SSSR count). The Balaban J connectivity index is 1.41. The van der Waals surface area contributed by atoms with E-state index in [1.54, 1.807) is 0 Å². The van der Waals surface area contributed by atoms with E-state index in [1.807, 2.05) is 19.2 Å². The summed E-state index contributed by atoms with van der Waals surface area (Å²) in [5.74, 6) is 1.75. The molecule has 0 spiro atoms. The molecule has 1 unspecified atom stereocenters. The van der Waals surface area contributed by atoms with Crippen LogP contribution in [-0.2, 0) is 0 Å². The van der Waals surface area contributed by atoms with Crippen LogP contribution in [0.15, 0.2) is 59.6 Å². The van der Waals surface area contributed by atoms with Crippen LogP contribution < -0.4 is 20.3 Å². The second-order valence-electron chi connectivity index (χ2n) is 7.44. The van der Waals surface area contributed by atoms with Gasteiger partial charge in [-0.2, -0.15) is 0 Å². The Morgan fingerprint density at radius 2 is 1.89 bits per heavy atom. The minimum Gasteiger partial charge on any atom is -0.489 e. The fourth-order valence-electron chi connectivity index (χ4n) is 3.51. The minimum atomic E-state index is 0.0558. The molecule has 0 bridgehead atoms. The summed E-state index contributed by atoms with van der Waals surface area (Å²) in [6.07, 6.45) is 2.26. The van der Waals surface area contributed by atoms with Gasteiger partial charge in [-0.15, -0.1) is 0 Å². The molecule has 1 aliphatic heterocycles. The lowest BCUT2D eigenvalue weighted by Gasteiger charge is -2.34. The molecule has 28 heavy (non-hydrogen) atoms. The predicted molar refractivity (Wildman–Crippen MR) is 117 cm³/mol. The van der Waals surface area contributed by atoms with Crippen molar-refractivity contribution in [3.63, 3.8) is 0 Å². The maximum atomic E-state index is 5.99. The Kier molecular flexibility index (Phi) is 7.18. The molecule has 0 saturated carbocycles. The van der Waals surface area contributed by atoms with Gasteiger partial charge in [-0.1, -0.05) is 30.3 Å². The van der Waals surface area contributed by atoms with Gasteiger partial charge in [0.15, 0.2) is 5.96 Å². The zero-order valence-corrected chi connectivity index (χ0v) is 17.2. The number of hydrogen-bond donors (Lipinski definition) is 2. The normalized spacial score (nSPS) is 16.5. The highest BCUT2D eigenvalue weighted by molar-refractivity contribution is 5.80. The summed E-state index contributed by atoms with van der Waals surface area (Å²) in [5.41, 5.74) is 2.52. The molecule has 1 atom stereocenters. The van der Waals surface area contributed by atoms with Gasteiger partial charge < -0.3 is 20.3 Å². The number of anilines is 1. The second kappa shape index (κ2) is 10.0. The zero-order chi connectivity index (χ0) is 19.8. The molecule has 1 aliphatic rings. The number of para-hydroxylation sites is 1. The first-order valence-electron chi connectivity index (χ1n) is 10.1. The SMILES string of the molecule is CN=C(NCC(C)Oc1cccc(C)c1)NC1CCN(c2ccccc2)CC1. The molecule has 1 saturated heterocycles. The largest absolute Gasteiger partial charge is 0.489 e. The molecule has 2 N–H and O–H groups in total. The van der Waals surface area contributed by atoms with Crippen molar-refractivity contribution in [1.82, 2.24) is 10.6 Å². The van der Waals surface area contributed by atoms with Gasteiger partial charge in [0.1, 0.15) is 11.9 Å². The monoisotopic (exact) mass is 380 g/mol. The first-order chi connectivity index (χ1) is 13.6. The van der Waals surface area contributed by atoms with E-state index in [0.29, 0.717) is 12.6 Å². The third-order valence-corrected chi connectivity index (χ3v) is 5.06. The lowest BCUT2D eigenvalue weighted by Crippen LogP contribution is -2.50. The van der Waals surface area contributed by atoms with Gasteiger partial charge in [-0.3, -0.25) is 4.99 Å². The van der Waals surface area contributed by atoms with Crippen molar-refractivity contribution in [2.45, 2.75) is 38.8 Å². The summed E-state index contributed by atoms with van der Waals surface area (Å²) in [6.45, 7) is 6.97. The molecule has 2 aromatic rings. The molecular formula is C23H32N4O. The second-order valence-corrected chi connectivity index (χ2v) is 7.44. The average molecular weight is 381 g/mol. The number of hydrogen-bond acceptors (Lipinski definition) is 3. The van der Waals surface area contributed by atoms with Crippen LogP contribution in [0.5, 0.6) is 5.75 Å². The van der Waals surface area contributed by atoms with Crippen LogP contribution >= 0.6 is 0 Å². The summed E-state index contributed by atoms with van der Waals surface area (Å²) >= 11 is 0. The van der Waals surface area contributed by atoms with Crippen LogP contribution in [0.25, 0.3) is 0 Å². The van der Waals surface area contributed by atoms with E-state index in [0.717, 1.165) is 37.6 Å². The Morgan fingerprint density at radius 3 is 2.57 bits per heavy atom. The Bertz CT molecular complexity index is 754. The summed E-state index contributed by atoms with van der Waals surface area (Å²) in [6, 6.07) is 19.2. The van der Waals surface area contributed by atoms with Crippen molar-refractivity contribution in [3.8, 4) is 5.75 Å². The topological polar surface area (TPSA) is 48.9 Å². The molecule has 1 fully saturated rings. The predicted octanol–water partition coefficient (Wildman–Crippen LogP) is 3.60. The van der Waals surface area contributed by atoms with Crippen molar-refractivity contribution in [2.75, 3.05) is 31.6 Å². The first-order valence-corrected chi connectivity index (χ1v) is 10.1. The smallest absolute Gasteiger partial charge is 0.191 e. The van der Waals surface area contributed by atoms with Gasteiger partial charge >= 0.3 is 0 Å². The lowest BCUT2D eigenvalue weighted by atomic mass is 10.0. The van der Waals surface area contributed by atoms with Crippen LogP contribution in [0.2, 0.25) is 0 Å². The van der Waals surface area contributed by atoms with E-state index in [2.05, 4.69) is 76.8 Å². The molecule has 0 amide bonds. The molecule has 5 nitrogen and oxygen atoms in total. The number of nitrogens with one attached hydrogen (secondary N) is 2. The minimum absolute atomic E-state index is 0.0558. The first kappa shape index (κ1) is 20.1. The summed E-state index contributed by atoms with van der Waals surface area (Å²) in [7, 11) is 1.82. The van der Waals surface area contributed by atoms with Crippen molar-refractivity contribution in [2.24, 2.45) is 4.99 Å². The summed E-state index contributed by atoms with van der Waals surface area (Å²) in [5, 5.41) is 6.96. The molecule has 1 heterocycles. The van der Waals surface area contributed by atoms with E-state index in [-0.39, 0.29) is 6.10 Å². The highest BCUT2D eigenvalue weighted by Crippen LogP contribution is 2.19. The highest BCUT2D eigenvalue weighted by atomic mass is 16.5. The molecule has 0 aromatic heterocycles. The van der Waals surface area contributed by atoms with Crippen LogP contribution in [0.1, 0.15) is 25.3 Å². The molecule has 5 heteroatoms. The van der Waals surface area contributed by atoms with Gasteiger partial charge in [-0.25, -0.2) is 0 Å². The van der Waals surface area contributed by atoms with Gasteiger partial charge in [-0.05, 0) is 56.5 Å². The number of aryl methyl sites for hydroxylation is 1. The fraction of sp³-hybridized carbons (Fsp3) is 0.435. The Hall–Kier alpha value is -2.69. The van der Waals surface area contributed by atoms with E-state index >= 15 is 0 Å². The molecule has 0 aliphatic carbocycles. The quantitative estimate of drug-likeness (QED) is 0.594. The van der Waals surface area contributed by atoms with Crippen LogP contribution in [0.3, 0.4) is 0 Å². The van der Waals surface area contributed by atoms with Crippen molar-refractivity contribution >= 4 is 11.6 Å². The third-order valence-electron chi connectivity index (χ3n) is 5.06. The van der Waals surface area contributed by atoms with Crippen molar-refractivity contribution < 1.29 is 4.74 Å². The Morgan fingerprint density at radius 1 is 1.14 bits per heavy atom. The third kappa shape index (κ3) is 5.91. The molecule has 0 radical (unpaired) electrons. The van der Waals surface area contributed by atoms with Crippen LogP contribution in [-0.4, -0.2) is 44.8 Å². The van der Waals surface area contributed by atoms with Gasteiger partial charge in [0.2, 0.25) is 0 Å². The average Bonchev–Trinajstić information content (AvgIpc) is 2.72. The van der Waals surface area contributed by atoms with Crippen molar-refractivity contribution in [1.29, 1.82) is 0 Å². The maximum absolute atomic E-state index is 5.99. The maximum Gasteiger partial charge on any atom is 0.191 e. The molecular weight excluding hydrogens is 348 g/mol. The fourth-order valence-corrected chi connectivity index (χ4v) is 3.51. The number of guanidine groups is 1. The van der Waals surface area contributed by atoms with E-state index in [9.17, 15) is 0 Å². The van der Waals surface area contributed by atoms with Crippen molar-refractivity contribution in [3.05, 3.63) is 60.2 Å². The van der Waals surface area contributed by atoms with E-state index in [1.165, 1.54) is 11.3 Å². The van der Waals surface area contributed by atoms with E-state index in [4.69, 9.17) is 4.74 Å². The summed E-state index contributed by atoms with van der Waals surface area (Å²) < 4.78 is 5.99. The van der Waals surface area contributed by atoms with Gasteiger partial charge in [0.05, 0.1) is 6.54 Å². The number of aliphatic imine (C=N–C) groups is 1. The number of piperidine rings is 1. The standard InChI is InChI=1S/C23H32N4O/c1-18-8-7-11-22(16-18)28-19(2)17-25-23(24-3)26-20-12-14-27(15-13-20)21-9-5-4-6-10-21/h4-11,16,19-20H,12-15,17H2,1-3H3,(H2,24,25,26). The molecule has 150 valence electrons. The van der Waals surface area contributed by atoms with Gasteiger partial charge in [0, 0.05) is 31.9 Å². The van der Waals surface area contributed by atoms with Crippen LogP contribution in [0, 0.1) is 6.92 Å². The summed E-state index contributed by atoms with van der Waals surface area (Å²) in [4.78, 5) is 6.83. The lowest BCUT2D eigenvalue weighted by molar-refractivity contribution is 0.223. The number of benzene rings is 2.